The second kappa shape index (κ2) is 4.53. The minimum Gasteiger partial charge on any atom is -0.341 e. The highest BCUT2D eigenvalue weighted by molar-refractivity contribution is 7.07. The maximum atomic E-state index is 11.5. The Morgan fingerprint density at radius 2 is 2.33 bits per heavy atom. The van der Waals surface area contributed by atoms with E-state index < -0.39 is 0 Å². The predicted molar refractivity (Wildman–Crippen MR) is 56.6 cm³/mol. The van der Waals surface area contributed by atoms with Gasteiger partial charge in [-0.3, -0.25) is 9.59 Å². The number of nitrogens with zero attached hydrogens (tertiary/aromatic N) is 2. The van der Waals surface area contributed by atoms with Gasteiger partial charge in [0, 0.05) is 31.3 Å². The SMILES string of the molecule is O=C1CCN(CCc2cscn2)C(=O)C1. The molecule has 1 amide bonds. The number of carbonyl (C=O) groups excluding carboxylic acids is 2. The fraction of sp³-hybridized carbons (Fsp3) is 0.500. The first-order valence-electron chi connectivity index (χ1n) is 4.92. The summed E-state index contributed by atoms with van der Waals surface area (Å²) >= 11 is 1.56. The third kappa shape index (κ3) is 2.62. The van der Waals surface area contributed by atoms with Gasteiger partial charge >= 0.3 is 0 Å². The summed E-state index contributed by atoms with van der Waals surface area (Å²) in [5.41, 5.74) is 2.81. The maximum Gasteiger partial charge on any atom is 0.230 e. The third-order valence-corrected chi connectivity index (χ3v) is 3.12. The first-order valence-corrected chi connectivity index (χ1v) is 5.86. The van der Waals surface area contributed by atoms with Crippen LogP contribution < -0.4 is 0 Å². The van der Waals surface area contributed by atoms with Crippen LogP contribution in [0.3, 0.4) is 0 Å². The lowest BCUT2D eigenvalue weighted by atomic mass is 10.1. The number of amides is 1. The van der Waals surface area contributed by atoms with E-state index in [1.54, 1.807) is 21.7 Å². The number of piperidine rings is 1. The summed E-state index contributed by atoms with van der Waals surface area (Å²) in [6.45, 7) is 1.25. The van der Waals surface area contributed by atoms with E-state index in [9.17, 15) is 9.59 Å². The van der Waals surface area contributed by atoms with E-state index >= 15 is 0 Å². The van der Waals surface area contributed by atoms with Crippen LogP contribution in [0.1, 0.15) is 18.5 Å². The van der Waals surface area contributed by atoms with Crippen molar-refractivity contribution in [2.24, 2.45) is 0 Å². The molecular formula is C10H12N2O2S. The van der Waals surface area contributed by atoms with Gasteiger partial charge in [-0.2, -0.15) is 0 Å². The molecule has 0 saturated carbocycles. The molecule has 0 aliphatic carbocycles. The Balaban J connectivity index is 1.85. The topological polar surface area (TPSA) is 50.3 Å². The molecule has 1 aliphatic rings. The molecule has 1 fully saturated rings. The number of carbonyl (C=O) groups is 2. The number of ketones is 1. The van der Waals surface area contributed by atoms with Crippen LogP contribution in [0.4, 0.5) is 0 Å². The number of Topliss-reactive ketones (excluding diaryl/α,β-unsaturated/α-hetero) is 1. The van der Waals surface area contributed by atoms with Gasteiger partial charge in [-0.05, 0) is 0 Å². The molecule has 0 aromatic carbocycles. The monoisotopic (exact) mass is 224 g/mol. The zero-order valence-corrected chi connectivity index (χ0v) is 9.13. The van der Waals surface area contributed by atoms with E-state index in [1.165, 1.54) is 0 Å². The summed E-state index contributed by atoms with van der Waals surface area (Å²) in [5.74, 6) is 0.0198. The standard InChI is InChI=1S/C10H12N2O2S/c13-9-2-4-12(10(14)5-9)3-1-8-6-15-7-11-8/h6-7H,1-5H2. The van der Waals surface area contributed by atoms with Crippen LogP contribution in [0.2, 0.25) is 0 Å². The van der Waals surface area contributed by atoms with Crippen molar-refractivity contribution in [2.75, 3.05) is 13.1 Å². The van der Waals surface area contributed by atoms with E-state index in [-0.39, 0.29) is 18.1 Å². The van der Waals surface area contributed by atoms with E-state index in [0.717, 1.165) is 12.1 Å². The number of hydrogen-bond acceptors (Lipinski definition) is 4. The van der Waals surface area contributed by atoms with Crippen molar-refractivity contribution in [3.05, 3.63) is 16.6 Å². The Bertz CT molecular complexity index is 362. The molecule has 0 spiro atoms. The van der Waals surface area contributed by atoms with E-state index in [4.69, 9.17) is 0 Å². The van der Waals surface area contributed by atoms with Gasteiger partial charge in [-0.25, -0.2) is 4.98 Å². The largest absolute Gasteiger partial charge is 0.341 e. The van der Waals surface area contributed by atoms with Crippen LogP contribution >= 0.6 is 11.3 Å². The number of thiazole rings is 1. The summed E-state index contributed by atoms with van der Waals surface area (Å²) in [6, 6.07) is 0. The van der Waals surface area contributed by atoms with Crippen molar-refractivity contribution in [2.45, 2.75) is 19.3 Å². The highest BCUT2D eigenvalue weighted by Crippen LogP contribution is 2.09. The Morgan fingerprint density at radius 3 is 3.00 bits per heavy atom. The Labute approximate surface area is 91.9 Å². The molecule has 1 saturated heterocycles. The lowest BCUT2D eigenvalue weighted by molar-refractivity contribution is -0.139. The van der Waals surface area contributed by atoms with E-state index in [2.05, 4.69) is 4.98 Å². The van der Waals surface area contributed by atoms with Crippen molar-refractivity contribution in [3.63, 3.8) is 0 Å². The minimum absolute atomic E-state index is 0.0403. The second-order valence-corrected chi connectivity index (χ2v) is 4.29. The fourth-order valence-electron chi connectivity index (χ4n) is 1.60. The average Bonchev–Trinajstić information content (AvgIpc) is 2.69. The average molecular weight is 224 g/mol. The van der Waals surface area contributed by atoms with Crippen molar-refractivity contribution in [1.82, 2.24) is 9.88 Å². The van der Waals surface area contributed by atoms with Gasteiger partial charge in [0.05, 0.1) is 17.6 Å². The molecular weight excluding hydrogens is 212 g/mol. The third-order valence-electron chi connectivity index (χ3n) is 2.48. The van der Waals surface area contributed by atoms with Gasteiger partial charge in [-0.15, -0.1) is 11.3 Å². The van der Waals surface area contributed by atoms with Gasteiger partial charge in [0.25, 0.3) is 0 Å². The van der Waals surface area contributed by atoms with Crippen LogP contribution in [0.5, 0.6) is 0 Å². The number of rotatable bonds is 3. The first-order chi connectivity index (χ1) is 7.25. The van der Waals surface area contributed by atoms with Crippen LogP contribution in [0.25, 0.3) is 0 Å². The number of hydrogen-bond donors (Lipinski definition) is 0. The molecule has 1 aromatic rings. The molecule has 0 bridgehead atoms. The highest BCUT2D eigenvalue weighted by atomic mass is 32.1. The van der Waals surface area contributed by atoms with Crippen molar-refractivity contribution in [3.8, 4) is 0 Å². The maximum absolute atomic E-state index is 11.5. The van der Waals surface area contributed by atoms with E-state index in [0.29, 0.717) is 19.5 Å². The zero-order valence-electron chi connectivity index (χ0n) is 8.31. The van der Waals surface area contributed by atoms with Crippen LogP contribution in [0.15, 0.2) is 10.9 Å². The summed E-state index contributed by atoms with van der Waals surface area (Å²) < 4.78 is 0. The molecule has 0 unspecified atom stereocenters. The first kappa shape index (κ1) is 10.3. The molecule has 1 aromatic heterocycles. The number of likely N-dealkylation sites (tertiary alicyclic amines) is 1. The van der Waals surface area contributed by atoms with Crippen molar-refractivity contribution >= 4 is 23.0 Å². The predicted octanol–water partition coefficient (Wildman–Crippen LogP) is 0.877. The molecule has 0 atom stereocenters. The fourth-order valence-corrected chi connectivity index (χ4v) is 2.19. The quantitative estimate of drug-likeness (QED) is 0.716. The van der Waals surface area contributed by atoms with Crippen LogP contribution in [-0.2, 0) is 16.0 Å². The molecule has 4 nitrogen and oxygen atoms in total. The Kier molecular flexibility index (Phi) is 3.11. The molecule has 2 rings (SSSR count). The lowest BCUT2D eigenvalue weighted by Gasteiger charge is -2.25. The summed E-state index contributed by atoms with van der Waals surface area (Å²) in [5, 5.41) is 1.99. The highest BCUT2D eigenvalue weighted by Gasteiger charge is 2.23. The van der Waals surface area contributed by atoms with Gasteiger partial charge in [-0.1, -0.05) is 0 Å². The molecule has 80 valence electrons. The molecule has 1 aliphatic heterocycles. The molecule has 2 heterocycles. The van der Waals surface area contributed by atoms with Crippen LogP contribution in [0, 0.1) is 0 Å². The zero-order chi connectivity index (χ0) is 10.7. The second-order valence-electron chi connectivity index (χ2n) is 3.58. The van der Waals surface area contributed by atoms with Crippen molar-refractivity contribution < 1.29 is 9.59 Å². The molecule has 15 heavy (non-hydrogen) atoms. The summed E-state index contributed by atoms with van der Waals surface area (Å²) in [7, 11) is 0. The van der Waals surface area contributed by atoms with Gasteiger partial charge < -0.3 is 4.90 Å². The van der Waals surface area contributed by atoms with Crippen LogP contribution in [-0.4, -0.2) is 34.7 Å². The smallest absolute Gasteiger partial charge is 0.230 e. The lowest BCUT2D eigenvalue weighted by Crippen LogP contribution is -2.40. The normalized spacial score (nSPS) is 17.2. The van der Waals surface area contributed by atoms with E-state index in [1.807, 2.05) is 5.38 Å². The minimum atomic E-state index is -0.0403. The molecule has 5 heteroatoms. The van der Waals surface area contributed by atoms with Gasteiger partial charge in [0.1, 0.15) is 5.78 Å². The van der Waals surface area contributed by atoms with Gasteiger partial charge in [0.15, 0.2) is 0 Å². The van der Waals surface area contributed by atoms with Crippen molar-refractivity contribution in [1.29, 1.82) is 0 Å². The summed E-state index contributed by atoms with van der Waals surface area (Å²) in [6.07, 6.45) is 1.36. The Morgan fingerprint density at radius 1 is 1.47 bits per heavy atom. The molecule has 0 radical (unpaired) electrons. The summed E-state index contributed by atoms with van der Waals surface area (Å²) in [4.78, 5) is 28.4. The Hall–Kier alpha value is -1.23. The molecule has 0 N–H and O–H groups in total. The van der Waals surface area contributed by atoms with Gasteiger partial charge in [0.2, 0.25) is 5.91 Å². The number of aromatic nitrogens is 1.